The molecule has 0 bridgehead atoms. The zero-order chi connectivity index (χ0) is 12.3. The molecule has 0 aromatic heterocycles. The van der Waals surface area contributed by atoms with Crippen molar-refractivity contribution in [3.8, 4) is 0 Å². The van der Waals surface area contributed by atoms with Crippen molar-refractivity contribution in [2.24, 2.45) is 5.73 Å². The number of hydrogen-bond donors (Lipinski definition) is 1. The highest BCUT2D eigenvalue weighted by molar-refractivity contribution is 6.13. The molecule has 5 nitrogen and oxygen atoms in total. The van der Waals surface area contributed by atoms with Crippen LogP contribution in [0.15, 0.2) is 24.3 Å². The summed E-state index contributed by atoms with van der Waals surface area (Å²) in [4.78, 5) is 34.5. The Kier molecular flexibility index (Phi) is 3.60. The number of nitrogens with zero attached hydrogens (tertiary/aromatic N) is 1. The molecular formula is C11H14N2O3. The van der Waals surface area contributed by atoms with Crippen LogP contribution in [0, 0.1) is 0 Å². The second-order valence-electron chi connectivity index (χ2n) is 3.74. The minimum absolute atomic E-state index is 0.258. The van der Waals surface area contributed by atoms with Gasteiger partial charge in [-0.25, -0.2) is 0 Å². The first-order valence-corrected chi connectivity index (χ1v) is 4.96. The Bertz CT molecular complexity index is 367. The molecule has 0 radical (unpaired) electrons. The largest absolute Gasteiger partial charge is 0.366 e. The normalized spacial score (nSPS) is 16.7. The second-order valence-corrected chi connectivity index (χ2v) is 3.74. The Morgan fingerprint density at radius 2 is 1.94 bits per heavy atom. The summed E-state index contributed by atoms with van der Waals surface area (Å²) in [6, 6.07) is -0.258. The van der Waals surface area contributed by atoms with Gasteiger partial charge in [-0.2, -0.15) is 0 Å². The fourth-order valence-corrected chi connectivity index (χ4v) is 1.48. The van der Waals surface area contributed by atoms with Crippen LogP contribution in [0.25, 0.3) is 0 Å². The molecule has 0 saturated heterocycles. The molecule has 1 atom stereocenters. The fraction of sp³-hybridized carbons (Fsp3) is 0.364. The highest BCUT2D eigenvalue weighted by Gasteiger charge is 2.28. The van der Waals surface area contributed by atoms with Crippen molar-refractivity contribution < 1.29 is 14.4 Å². The molecular weight excluding hydrogens is 208 g/mol. The van der Waals surface area contributed by atoms with Crippen molar-refractivity contribution in [3.63, 3.8) is 0 Å². The van der Waals surface area contributed by atoms with E-state index in [1.54, 1.807) is 6.92 Å². The van der Waals surface area contributed by atoms with Gasteiger partial charge in [-0.3, -0.25) is 19.3 Å². The Balaban J connectivity index is 2.50. The molecule has 0 aliphatic carbocycles. The lowest BCUT2D eigenvalue weighted by Gasteiger charge is -2.22. The molecule has 2 N–H and O–H groups in total. The monoisotopic (exact) mass is 222 g/mol. The van der Waals surface area contributed by atoms with E-state index in [9.17, 15) is 14.4 Å². The summed E-state index contributed by atoms with van der Waals surface area (Å²) >= 11 is 0. The van der Waals surface area contributed by atoms with Crippen LogP contribution in [0.5, 0.6) is 0 Å². The summed E-state index contributed by atoms with van der Waals surface area (Å²) in [6.45, 7) is 5.26. The van der Waals surface area contributed by atoms with Crippen molar-refractivity contribution in [1.82, 2.24) is 4.90 Å². The van der Waals surface area contributed by atoms with E-state index in [-0.39, 0.29) is 17.9 Å². The molecule has 0 aromatic rings. The maximum atomic E-state index is 11.3. The van der Waals surface area contributed by atoms with E-state index >= 15 is 0 Å². The minimum atomic E-state index is -0.551. The first kappa shape index (κ1) is 12.2. The number of hydrogen-bond acceptors (Lipinski definition) is 3. The maximum Gasteiger partial charge on any atom is 0.253 e. The molecule has 0 aromatic carbocycles. The first-order chi connectivity index (χ1) is 7.43. The first-order valence-electron chi connectivity index (χ1n) is 4.96. The molecule has 0 spiro atoms. The molecule has 16 heavy (non-hydrogen) atoms. The van der Waals surface area contributed by atoms with E-state index in [4.69, 9.17) is 5.73 Å². The van der Waals surface area contributed by atoms with E-state index in [0.29, 0.717) is 18.4 Å². The molecule has 5 heteroatoms. The Morgan fingerprint density at radius 1 is 1.44 bits per heavy atom. The average molecular weight is 222 g/mol. The van der Waals surface area contributed by atoms with E-state index in [1.807, 2.05) is 0 Å². The van der Waals surface area contributed by atoms with Gasteiger partial charge in [0.1, 0.15) is 0 Å². The van der Waals surface area contributed by atoms with Crippen LogP contribution in [0.2, 0.25) is 0 Å². The third kappa shape index (κ3) is 2.56. The van der Waals surface area contributed by atoms with Crippen LogP contribution in [0.3, 0.4) is 0 Å². The van der Waals surface area contributed by atoms with Gasteiger partial charge in [0.05, 0.1) is 0 Å². The summed E-state index contributed by atoms with van der Waals surface area (Å²) in [5.41, 5.74) is 5.34. The van der Waals surface area contributed by atoms with Crippen LogP contribution < -0.4 is 5.73 Å². The number of imide groups is 1. The zero-order valence-electron chi connectivity index (χ0n) is 9.10. The van der Waals surface area contributed by atoms with Gasteiger partial charge in [0, 0.05) is 23.8 Å². The Morgan fingerprint density at radius 3 is 2.38 bits per heavy atom. The minimum Gasteiger partial charge on any atom is -0.366 e. The Labute approximate surface area is 93.6 Å². The van der Waals surface area contributed by atoms with Crippen molar-refractivity contribution in [2.45, 2.75) is 25.8 Å². The lowest BCUT2D eigenvalue weighted by Crippen LogP contribution is -2.38. The highest BCUT2D eigenvalue weighted by Crippen LogP contribution is 2.15. The van der Waals surface area contributed by atoms with E-state index in [0.717, 1.165) is 4.90 Å². The number of amides is 3. The standard InChI is InChI=1S/C11H14N2O3/c1-7(11(12)16)3-4-8(2)13-9(14)5-6-10(13)15/h5-6,8H,1,3-4H2,2H3,(H2,12,16). The molecule has 1 aliphatic heterocycles. The van der Waals surface area contributed by atoms with Gasteiger partial charge >= 0.3 is 0 Å². The van der Waals surface area contributed by atoms with Crippen molar-refractivity contribution >= 4 is 17.7 Å². The van der Waals surface area contributed by atoms with Crippen molar-refractivity contribution in [3.05, 3.63) is 24.3 Å². The number of rotatable bonds is 5. The third-order valence-corrected chi connectivity index (χ3v) is 2.50. The van der Waals surface area contributed by atoms with Gasteiger partial charge in [0.25, 0.3) is 11.8 Å². The predicted molar refractivity (Wildman–Crippen MR) is 58.0 cm³/mol. The molecule has 86 valence electrons. The zero-order valence-corrected chi connectivity index (χ0v) is 9.10. The van der Waals surface area contributed by atoms with Gasteiger partial charge in [-0.05, 0) is 19.8 Å². The van der Waals surface area contributed by atoms with Crippen molar-refractivity contribution in [1.29, 1.82) is 0 Å². The molecule has 0 fully saturated rings. The van der Waals surface area contributed by atoms with Gasteiger partial charge in [0.15, 0.2) is 0 Å². The van der Waals surface area contributed by atoms with Crippen molar-refractivity contribution in [2.75, 3.05) is 0 Å². The van der Waals surface area contributed by atoms with Crippen LogP contribution >= 0.6 is 0 Å². The number of carbonyl (C=O) groups excluding carboxylic acids is 3. The second kappa shape index (κ2) is 4.74. The average Bonchev–Trinajstić information content (AvgIpc) is 2.54. The molecule has 3 amide bonds. The fourth-order valence-electron chi connectivity index (χ4n) is 1.48. The molecule has 1 unspecified atom stereocenters. The summed E-state index contributed by atoms with van der Waals surface area (Å²) in [5, 5.41) is 0. The molecule has 1 rings (SSSR count). The van der Waals surface area contributed by atoms with E-state index in [2.05, 4.69) is 6.58 Å². The number of carbonyl (C=O) groups is 3. The summed E-state index contributed by atoms with van der Waals surface area (Å²) in [6.07, 6.45) is 3.35. The number of primary amides is 1. The SMILES string of the molecule is C=C(CCC(C)N1C(=O)C=CC1=O)C(N)=O. The van der Waals surface area contributed by atoms with E-state index in [1.165, 1.54) is 12.2 Å². The van der Waals surface area contributed by atoms with Crippen LogP contribution in [0.1, 0.15) is 19.8 Å². The molecule has 1 aliphatic rings. The lowest BCUT2D eigenvalue weighted by molar-refractivity contribution is -0.139. The quantitative estimate of drug-likeness (QED) is 0.530. The lowest BCUT2D eigenvalue weighted by atomic mass is 10.1. The van der Waals surface area contributed by atoms with Crippen LogP contribution in [-0.4, -0.2) is 28.7 Å². The van der Waals surface area contributed by atoms with Gasteiger partial charge in [0.2, 0.25) is 5.91 Å². The number of nitrogens with two attached hydrogens (primary N) is 1. The van der Waals surface area contributed by atoms with Crippen LogP contribution in [0.4, 0.5) is 0 Å². The highest BCUT2D eigenvalue weighted by atomic mass is 16.2. The summed E-state index contributed by atoms with van der Waals surface area (Å²) < 4.78 is 0. The van der Waals surface area contributed by atoms with Gasteiger partial charge in [-0.1, -0.05) is 6.58 Å². The van der Waals surface area contributed by atoms with Gasteiger partial charge in [-0.15, -0.1) is 0 Å². The summed E-state index contributed by atoms with van der Waals surface area (Å²) in [7, 11) is 0. The van der Waals surface area contributed by atoms with Crippen LogP contribution in [-0.2, 0) is 14.4 Å². The topological polar surface area (TPSA) is 80.5 Å². The third-order valence-electron chi connectivity index (χ3n) is 2.50. The smallest absolute Gasteiger partial charge is 0.253 e. The summed E-state index contributed by atoms with van der Waals surface area (Å²) in [5.74, 6) is -1.19. The molecule has 1 heterocycles. The predicted octanol–water partition coefficient (Wildman–Crippen LogP) is 0.122. The Hall–Kier alpha value is -1.91. The maximum absolute atomic E-state index is 11.3. The van der Waals surface area contributed by atoms with Gasteiger partial charge < -0.3 is 5.73 Å². The van der Waals surface area contributed by atoms with E-state index < -0.39 is 5.91 Å². The molecule has 0 saturated carbocycles.